The number of hydrogen-bond donors (Lipinski definition) is 0. The second kappa shape index (κ2) is 17.1. The van der Waals surface area contributed by atoms with Crippen molar-refractivity contribution >= 4 is 37.7 Å². The van der Waals surface area contributed by atoms with Gasteiger partial charge in [-0.2, -0.15) is 0 Å². The Labute approximate surface area is 93.9 Å². The fourth-order valence-corrected chi connectivity index (χ4v) is 0. The Hall–Kier alpha value is 2.77. The maximum atomic E-state index is 8.06. The van der Waals surface area contributed by atoms with Crippen LogP contribution in [0.1, 0.15) is 2.85 Å². The molecule has 1 nitrogen and oxygen atoms in total. The van der Waals surface area contributed by atoms with Crippen LogP contribution in [0.25, 0.3) is 0 Å². The van der Waals surface area contributed by atoms with E-state index in [2.05, 4.69) is 0 Å². The molecule has 0 amide bonds. The molecule has 0 aliphatic rings. The topological polar surface area (TPSA) is 17.1 Å². The van der Waals surface area contributed by atoms with Gasteiger partial charge in [0.2, 0.25) is 0 Å². The van der Waals surface area contributed by atoms with Gasteiger partial charge < -0.3 is 2.85 Å². The van der Waals surface area contributed by atoms with Gasteiger partial charge in [0, 0.05) is 35.6 Å². The molecule has 0 heterocycles. The fraction of sp³-hybridized carbons (Fsp3) is 0. The molecule has 20 valence electrons. The van der Waals surface area contributed by atoms with E-state index < -0.39 is 0 Å². The number of rotatable bonds is 0. The summed E-state index contributed by atoms with van der Waals surface area (Å²) in [6, 6.07) is 0. The van der Waals surface area contributed by atoms with Crippen molar-refractivity contribution in [2.45, 2.75) is 0 Å². The average Bonchev–Trinajstić information content (AvgIpc) is 1.00. The van der Waals surface area contributed by atoms with E-state index in [-0.39, 0.29) is 76.2 Å². The van der Waals surface area contributed by atoms with Gasteiger partial charge in [0.25, 0.3) is 0 Å². The van der Waals surface area contributed by atoms with Crippen LogP contribution in [0.3, 0.4) is 0 Å². The summed E-state index contributed by atoms with van der Waals surface area (Å²) in [6.45, 7) is 0. The molecule has 0 aromatic carbocycles. The summed E-state index contributed by atoms with van der Waals surface area (Å²) in [5.74, 6) is 0. The van der Waals surface area contributed by atoms with E-state index in [0.29, 0.717) is 0 Å². The van der Waals surface area contributed by atoms with Crippen molar-refractivity contribution in [3.8, 4) is 0 Å². The van der Waals surface area contributed by atoms with Crippen LogP contribution >= 0.6 is 0 Å². The molecule has 4 heavy (non-hydrogen) atoms. The maximum absolute atomic E-state index is 8.06. The van der Waals surface area contributed by atoms with E-state index in [9.17, 15) is 0 Å². The Morgan fingerprint density at radius 1 is 1.50 bits per heavy atom. The van der Waals surface area contributed by atoms with Crippen LogP contribution in [0, 0.1) is 35.6 Å². The molecule has 0 bridgehead atoms. The first-order valence-corrected chi connectivity index (χ1v) is 0.636. The molecule has 0 fully saturated rings. The Bertz CT molecular complexity index is 13.5. The summed E-state index contributed by atoms with van der Waals surface area (Å²) < 4.78 is 8.06. The van der Waals surface area contributed by atoms with E-state index in [1.165, 1.54) is 0 Å². The zero-order valence-electron chi connectivity index (χ0n) is 4.07. The Morgan fingerprint density at radius 3 is 1.50 bits per heavy atom. The molecule has 0 atom stereocenters. The van der Waals surface area contributed by atoms with Gasteiger partial charge in [-0.15, -0.1) is 0 Å². The van der Waals surface area contributed by atoms with Gasteiger partial charge in [-0.3, -0.25) is 0 Å². The van der Waals surface area contributed by atoms with E-state index in [1.54, 1.807) is 15.9 Å². The third-order valence-corrected chi connectivity index (χ3v) is 0. The van der Waals surface area contributed by atoms with Crippen molar-refractivity contribution in [1.82, 2.24) is 0 Å². The quantitative estimate of drug-likeness (QED) is 0.542. The minimum atomic E-state index is 0. The molecule has 0 aromatic rings. The summed E-state index contributed by atoms with van der Waals surface area (Å²) in [5, 5.41) is 0. The first-order valence-electron chi connectivity index (χ1n) is 0.154. The van der Waals surface area contributed by atoms with E-state index in [0.717, 1.165) is 0 Å². The zero-order valence-corrected chi connectivity index (χ0v) is 9.09. The summed E-state index contributed by atoms with van der Waals surface area (Å²) in [4.78, 5) is 0. The molecule has 0 N–H and O–H groups in total. The minimum absolute atomic E-state index is 0. The van der Waals surface area contributed by atoms with Crippen LogP contribution in [0.4, 0.5) is 0 Å². The third-order valence-electron chi connectivity index (χ3n) is 0. The van der Waals surface area contributed by atoms with Crippen molar-refractivity contribution in [1.29, 1.82) is 0 Å². The third kappa shape index (κ3) is 8.84. The van der Waals surface area contributed by atoms with Crippen LogP contribution in [0.5, 0.6) is 0 Å². The molecule has 0 saturated heterocycles. The Balaban J connectivity index is -0.000000000833. The SMILES string of the molecule is [Ca+2].[H-].[H-].[La].[O]=[Mn]. The van der Waals surface area contributed by atoms with Crippen LogP contribution in [0.15, 0.2) is 0 Å². The second-order valence-electron chi connectivity index (χ2n) is 0. The summed E-state index contributed by atoms with van der Waals surface area (Å²) in [6.07, 6.45) is 0. The molecule has 0 unspecified atom stereocenters. The summed E-state index contributed by atoms with van der Waals surface area (Å²) in [5.41, 5.74) is 0. The van der Waals surface area contributed by atoms with Gasteiger partial charge in [0.05, 0.1) is 0 Å². The molecule has 4 heteroatoms. The first kappa shape index (κ1) is 15.9. The molecule has 1 radical (unpaired) electrons. The van der Waals surface area contributed by atoms with Crippen molar-refractivity contribution in [3.05, 3.63) is 0 Å². The first-order chi connectivity index (χ1) is 1.00. The van der Waals surface area contributed by atoms with Gasteiger partial charge in [-0.1, -0.05) is 0 Å². The fourth-order valence-electron chi connectivity index (χ4n) is 0. The molecular weight excluding hydrogens is 250 g/mol. The molecule has 0 aromatic heterocycles. The van der Waals surface area contributed by atoms with Gasteiger partial charge in [0.15, 0.2) is 0 Å². The van der Waals surface area contributed by atoms with Crippen LogP contribution in [0.2, 0.25) is 0 Å². The van der Waals surface area contributed by atoms with Crippen molar-refractivity contribution in [2.75, 3.05) is 0 Å². The monoisotopic (exact) mass is 252 g/mol. The molecule has 0 spiro atoms. The molecule has 0 saturated carbocycles. The van der Waals surface area contributed by atoms with E-state index in [4.69, 9.17) is 3.83 Å². The Morgan fingerprint density at radius 2 is 1.50 bits per heavy atom. The average molecular weight is 252 g/mol. The van der Waals surface area contributed by atoms with Crippen molar-refractivity contribution in [3.63, 3.8) is 0 Å². The Kier molecular flexibility index (Phi) is 67.8. The molecular formula is H2CaLaMnO. The second-order valence-corrected chi connectivity index (χ2v) is 0. The zero-order chi connectivity index (χ0) is 2.00. The molecule has 0 rings (SSSR count). The molecule has 0 aliphatic carbocycles. The van der Waals surface area contributed by atoms with Gasteiger partial charge in [0.1, 0.15) is 0 Å². The van der Waals surface area contributed by atoms with Gasteiger partial charge in [-0.05, 0) is 0 Å². The van der Waals surface area contributed by atoms with Gasteiger partial charge >= 0.3 is 57.5 Å². The normalized spacial score (nSPS) is 1.00. The standard InChI is InChI=1S/Ca.La.Mn.O.2H/q+2;;;;2*-1. The van der Waals surface area contributed by atoms with E-state index >= 15 is 0 Å². The van der Waals surface area contributed by atoms with Crippen LogP contribution in [-0.4, -0.2) is 37.7 Å². The van der Waals surface area contributed by atoms with Gasteiger partial charge in [-0.25, -0.2) is 0 Å². The van der Waals surface area contributed by atoms with Crippen LogP contribution < -0.4 is 0 Å². The summed E-state index contributed by atoms with van der Waals surface area (Å²) in [7, 11) is 0. The predicted octanol–water partition coefficient (Wildman–Crippen LogP) is -0.277. The van der Waals surface area contributed by atoms with Crippen molar-refractivity contribution < 1.29 is 58.2 Å². The predicted molar refractivity (Wildman–Crippen MR) is 8.66 cm³/mol. The van der Waals surface area contributed by atoms with Crippen molar-refractivity contribution in [2.24, 2.45) is 0 Å². The number of hydrogen-bond acceptors (Lipinski definition) is 1. The van der Waals surface area contributed by atoms with E-state index in [1.807, 2.05) is 0 Å². The van der Waals surface area contributed by atoms with Crippen LogP contribution in [-0.2, 0) is 19.8 Å². The molecule has 0 aliphatic heterocycles. The summed E-state index contributed by atoms with van der Waals surface area (Å²) >= 11 is 1.69.